The summed E-state index contributed by atoms with van der Waals surface area (Å²) in [6.45, 7) is 4.54. The third kappa shape index (κ3) is 2.47. The molecular formula is C22H20N2O5. The third-order valence-electron chi connectivity index (χ3n) is 5.41. The summed E-state index contributed by atoms with van der Waals surface area (Å²) in [5, 5.41) is 4.00. The lowest BCUT2D eigenvalue weighted by molar-refractivity contribution is 0.174. The zero-order valence-corrected chi connectivity index (χ0v) is 16.2. The van der Waals surface area contributed by atoms with Crippen molar-refractivity contribution in [1.29, 1.82) is 0 Å². The van der Waals surface area contributed by atoms with Crippen molar-refractivity contribution in [2.75, 3.05) is 26.3 Å². The first-order valence-electron chi connectivity index (χ1n) is 9.26. The van der Waals surface area contributed by atoms with Crippen molar-refractivity contribution < 1.29 is 18.9 Å². The highest BCUT2D eigenvalue weighted by Gasteiger charge is 2.27. The SMILES string of the molecule is C=CCc1c2n(c3cc(OC)c(OC)cc3c1=O)CNc1cc3c(cc1-2)OCO3. The molecule has 0 fully saturated rings. The Labute approximate surface area is 167 Å². The summed E-state index contributed by atoms with van der Waals surface area (Å²) in [5.41, 5.74) is 4.05. The Morgan fingerprint density at radius 3 is 2.59 bits per heavy atom. The number of anilines is 1. The average Bonchev–Trinajstić information content (AvgIpc) is 3.21. The summed E-state index contributed by atoms with van der Waals surface area (Å²) in [7, 11) is 3.14. The van der Waals surface area contributed by atoms with Crippen molar-refractivity contribution in [3.63, 3.8) is 0 Å². The largest absolute Gasteiger partial charge is 0.493 e. The van der Waals surface area contributed by atoms with Crippen molar-refractivity contribution in [3.05, 3.63) is 52.7 Å². The van der Waals surface area contributed by atoms with Crippen LogP contribution in [0.5, 0.6) is 23.0 Å². The maximum Gasteiger partial charge on any atom is 0.231 e. The van der Waals surface area contributed by atoms with E-state index in [-0.39, 0.29) is 12.2 Å². The van der Waals surface area contributed by atoms with Gasteiger partial charge in [-0.05, 0) is 18.6 Å². The maximum absolute atomic E-state index is 13.5. The van der Waals surface area contributed by atoms with E-state index in [0.29, 0.717) is 47.0 Å². The number of methoxy groups -OCH3 is 2. The zero-order chi connectivity index (χ0) is 20.1. The molecule has 148 valence electrons. The number of benzene rings is 2. The molecule has 0 saturated heterocycles. The standard InChI is InChI=1S/C22H20N2O5/c1-4-5-12-21-13-6-19-20(29-11-28-19)8-15(13)23-10-24(21)16-9-18(27-3)17(26-2)7-14(16)22(12)25/h4,6-9,23H,1,5,10-11H2,2-3H3. The molecule has 2 aromatic carbocycles. The van der Waals surface area contributed by atoms with Crippen LogP contribution < -0.4 is 29.7 Å². The molecular weight excluding hydrogens is 372 g/mol. The predicted molar refractivity (Wildman–Crippen MR) is 110 cm³/mol. The summed E-state index contributed by atoms with van der Waals surface area (Å²) in [6.07, 6.45) is 2.20. The Kier molecular flexibility index (Phi) is 3.91. The number of hydrogen-bond donors (Lipinski definition) is 1. The first-order valence-corrected chi connectivity index (χ1v) is 9.26. The summed E-state index contributed by atoms with van der Waals surface area (Å²) in [5.74, 6) is 2.46. The van der Waals surface area contributed by atoms with Gasteiger partial charge in [-0.15, -0.1) is 6.58 Å². The van der Waals surface area contributed by atoms with Crippen LogP contribution >= 0.6 is 0 Å². The van der Waals surface area contributed by atoms with E-state index in [1.54, 1.807) is 26.4 Å². The van der Waals surface area contributed by atoms with Crippen LogP contribution in [0.15, 0.2) is 41.7 Å². The van der Waals surface area contributed by atoms with Gasteiger partial charge in [0.15, 0.2) is 28.4 Å². The van der Waals surface area contributed by atoms with E-state index in [1.807, 2.05) is 18.2 Å². The Bertz CT molecular complexity index is 1230. The van der Waals surface area contributed by atoms with E-state index in [9.17, 15) is 4.79 Å². The van der Waals surface area contributed by atoms with Gasteiger partial charge in [-0.3, -0.25) is 4.79 Å². The van der Waals surface area contributed by atoms with Gasteiger partial charge in [-0.25, -0.2) is 0 Å². The average molecular weight is 392 g/mol. The molecule has 2 aliphatic heterocycles. The Balaban J connectivity index is 1.89. The highest BCUT2D eigenvalue weighted by atomic mass is 16.7. The molecule has 0 unspecified atom stereocenters. The number of aromatic nitrogens is 1. The quantitative estimate of drug-likeness (QED) is 0.685. The van der Waals surface area contributed by atoms with Crippen molar-refractivity contribution in [2.45, 2.75) is 13.1 Å². The monoisotopic (exact) mass is 392 g/mol. The number of nitrogens with zero attached hydrogens (tertiary/aromatic N) is 1. The number of fused-ring (bicyclic) bond motifs is 6. The minimum absolute atomic E-state index is 0.0439. The van der Waals surface area contributed by atoms with Crippen LogP contribution in [0.25, 0.3) is 22.2 Å². The van der Waals surface area contributed by atoms with Crippen LogP contribution in [0.4, 0.5) is 5.69 Å². The van der Waals surface area contributed by atoms with E-state index < -0.39 is 0 Å². The fourth-order valence-corrected chi connectivity index (χ4v) is 4.08. The smallest absolute Gasteiger partial charge is 0.231 e. The van der Waals surface area contributed by atoms with Crippen LogP contribution in [-0.2, 0) is 13.1 Å². The van der Waals surface area contributed by atoms with Gasteiger partial charge in [0.2, 0.25) is 6.79 Å². The number of rotatable bonds is 4. The predicted octanol–water partition coefficient (Wildman–Crippen LogP) is 3.53. The molecule has 0 amide bonds. The van der Waals surface area contributed by atoms with E-state index in [1.165, 1.54) is 0 Å². The van der Waals surface area contributed by atoms with Gasteiger partial charge < -0.3 is 28.8 Å². The number of allylic oxidation sites excluding steroid dienone is 1. The molecule has 0 spiro atoms. The second-order valence-corrected chi connectivity index (χ2v) is 6.89. The normalized spacial score (nSPS) is 13.4. The summed E-state index contributed by atoms with van der Waals surface area (Å²) >= 11 is 0. The van der Waals surface area contributed by atoms with E-state index >= 15 is 0 Å². The molecule has 0 radical (unpaired) electrons. The number of pyridine rings is 1. The van der Waals surface area contributed by atoms with Crippen molar-refractivity contribution in [3.8, 4) is 34.3 Å². The van der Waals surface area contributed by atoms with Gasteiger partial charge in [-0.2, -0.15) is 0 Å². The highest BCUT2D eigenvalue weighted by molar-refractivity contribution is 5.91. The van der Waals surface area contributed by atoms with Crippen LogP contribution in [0.2, 0.25) is 0 Å². The molecule has 0 saturated carbocycles. The summed E-state index contributed by atoms with van der Waals surface area (Å²) in [6, 6.07) is 7.43. The maximum atomic E-state index is 13.5. The van der Waals surface area contributed by atoms with Gasteiger partial charge in [0.1, 0.15) is 0 Å². The molecule has 7 heteroatoms. The molecule has 3 aromatic rings. The highest BCUT2D eigenvalue weighted by Crippen LogP contribution is 2.45. The Morgan fingerprint density at radius 2 is 1.86 bits per heavy atom. The molecule has 3 heterocycles. The number of hydrogen-bond acceptors (Lipinski definition) is 6. The minimum Gasteiger partial charge on any atom is -0.493 e. The number of ether oxygens (including phenoxy) is 4. The molecule has 29 heavy (non-hydrogen) atoms. The van der Waals surface area contributed by atoms with Crippen LogP contribution in [0, 0.1) is 0 Å². The number of nitrogens with one attached hydrogen (secondary N) is 1. The third-order valence-corrected chi connectivity index (χ3v) is 5.41. The fourth-order valence-electron chi connectivity index (χ4n) is 4.08. The minimum atomic E-state index is -0.0439. The van der Waals surface area contributed by atoms with Crippen molar-refractivity contribution in [2.24, 2.45) is 0 Å². The molecule has 7 nitrogen and oxygen atoms in total. The Morgan fingerprint density at radius 1 is 1.14 bits per heavy atom. The summed E-state index contributed by atoms with van der Waals surface area (Å²) < 4.78 is 24.0. The van der Waals surface area contributed by atoms with E-state index in [4.69, 9.17) is 18.9 Å². The lowest BCUT2D eigenvalue weighted by Crippen LogP contribution is -2.24. The molecule has 0 bridgehead atoms. The Hall–Kier alpha value is -3.61. The van der Waals surface area contributed by atoms with Gasteiger partial charge in [0.05, 0.1) is 32.1 Å². The lowest BCUT2D eigenvalue weighted by Gasteiger charge is -2.28. The molecule has 1 aromatic heterocycles. The second-order valence-electron chi connectivity index (χ2n) is 6.89. The zero-order valence-electron chi connectivity index (χ0n) is 16.2. The van der Waals surface area contributed by atoms with Gasteiger partial charge in [0.25, 0.3) is 0 Å². The fraction of sp³-hybridized carbons (Fsp3) is 0.227. The van der Waals surface area contributed by atoms with Crippen molar-refractivity contribution >= 4 is 16.6 Å². The molecule has 0 atom stereocenters. The first kappa shape index (κ1) is 17.5. The van der Waals surface area contributed by atoms with Crippen molar-refractivity contribution in [1.82, 2.24) is 4.57 Å². The molecule has 0 aliphatic carbocycles. The van der Waals surface area contributed by atoms with Gasteiger partial charge >= 0.3 is 0 Å². The van der Waals surface area contributed by atoms with Crippen LogP contribution in [0.3, 0.4) is 0 Å². The van der Waals surface area contributed by atoms with Crippen LogP contribution in [-0.4, -0.2) is 25.6 Å². The second kappa shape index (κ2) is 6.48. The van der Waals surface area contributed by atoms with Crippen LogP contribution in [0.1, 0.15) is 5.56 Å². The molecule has 2 aliphatic rings. The molecule has 5 rings (SSSR count). The summed E-state index contributed by atoms with van der Waals surface area (Å²) in [4.78, 5) is 13.5. The van der Waals surface area contributed by atoms with E-state index in [2.05, 4.69) is 16.5 Å². The van der Waals surface area contributed by atoms with Gasteiger partial charge in [-0.1, -0.05) is 6.08 Å². The lowest BCUT2D eigenvalue weighted by atomic mass is 9.96. The topological polar surface area (TPSA) is 71.0 Å². The first-order chi connectivity index (χ1) is 14.2. The molecule has 1 N–H and O–H groups in total. The van der Waals surface area contributed by atoms with Gasteiger partial charge in [0, 0.05) is 34.3 Å². The van der Waals surface area contributed by atoms with E-state index in [0.717, 1.165) is 22.5 Å².